The number of hydrogen-bond donors (Lipinski definition) is 0. The lowest BCUT2D eigenvalue weighted by Crippen LogP contribution is -2.07. The van der Waals surface area contributed by atoms with E-state index in [9.17, 15) is 0 Å². The first kappa shape index (κ1) is 6.38. The Labute approximate surface area is 64.8 Å². The topological polar surface area (TPSA) is 35.7 Å². The summed E-state index contributed by atoms with van der Waals surface area (Å²) in [6.45, 7) is 1.52. The van der Waals surface area contributed by atoms with E-state index < -0.39 is 0 Å². The first-order valence-electron chi connectivity index (χ1n) is 3.68. The molecule has 3 heteroatoms. The Morgan fingerprint density at radius 2 is 2.55 bits per heavy atom. The van der Waals surface area contributed by atoms with Gasteiger partial charge in [-0.05, 0) is 0 Å². The summed E-state index contributed by atoms with van der Waals surface area (Å²) in [5, 5.41) is 0. The van der Waals surface area contributed by atoms with Crippen LogP contribution in [0.15, 0.2) is 16.6 Å². The summed E-state index contributed by atoms with van der Waals surface area (Å²) in [5.41, 5.74) is 1.14. The van der Waals surface area contributed by atoms with Gasteiger partial charge >= 0.3 is 0 Å². The van der Waals surface area contributed by atoms with E-state index in [4.69, 9.17) is 4.74 Å². The monoisotopic (exact) mass is 149 g/mol. The summed E-state index contributed by atoms with van der Waals surface area (Å²) in [6.07, 6.45) is 6.42. The van der Waals surface area contributed by atoms with E-state index in [0.717, 1.165) is 31.0 Å². The van der Waals surface area contributed by atoms with E-state index in [-0.39, 0.29) is 0 Å². The lowest BCUT2D eigenvalue weighted by atomic mass is 10.2. The lowest BCUT2D eigenvalue weighted by molar-refractivity contribution is 0.347. The van der Waals surface area contributed by atoms with Gasteiger partial charge in [0.15, 0.2) is 0 Å². The Kier molecular flexibility index (Phi) is 1.58. The maximum absolute atomic E-state index is 5.29. The van der Waals surface area contributed by atoms with Crippen LogP contribution in [0.2, 0.25) is 0 Å². The normalized spacial score (nSPS) is 21.1. The molecule has 0 bridgehead atoms. The van der Waals surface area contributed by atoms with Gasteiger partial charge in [0, 0.05) is 11.6 Å². The minimum Gasteiger partial charge on any atom is -0.476 e. The Balaban J connectivity index is 2.17. The number of rotatable bonds is 1. The third-order valence-electron chi connectivity index (χ3n) is 1.64. The summed E-state index contributed by atoms with van der Waals surface area (Å²) >= 11 is 0. The molecular weight excluding hydrogens is 140 g/mol. The summed E-state index contributed by atoms with van der Waals surface area (Å²) in [5.74, 6) is 0.799. The van der Waals surface area contributed by atoms with Crippen molar-refractivity contribution in [2.75, 3.05) is 13.2 Å². The molecule has 0 saturated heterocycles. The third kappa shape index (κ3) is 1.23. The molecule has 0 aromatic carbocycles. The van der Waals surface area contributed by atoms with Crippen molar-refractivity contribution in [3.8, 4) is 0 Å². The molecule has 0 radical (unpaired) electrons. The van der Waals surface area contributed by atoms with Crippen LogP contribution in [0.25, 0.3) is 0 Å². The maximum Gasteiger partial charge on any atom is 0.292 e. The molecule has 0 unspecified atom stereocenters. The number of ether oxygens (including phenoxy) is 1. The van der Waals surface area contributed by atoms with E-state index in [1.165, 1.54) is 0 Å². The molecule has 0 atom stereocenters. The first-order chi connectivity index (χ1) is 5.47. The van der Waals surface area contributed by atoms with Crippen LogP contribution in [-0.4, -0.2) is 31.5 Å². The predicted octanol–water partition coefficient (Wildman–Crippen LogP) is -0.0460. The largest absolute Gasteiger partial charge is 0.476 e. The molecule has 3 nitrogen and oxygen atoms in total. The molecule has 0 fully saturated rings. The Hall–Kier alpha value is -1.34. The summed E-state index contributed by atoms with van der Waals surface area (Å²) in [4.78, 5) is 4.20. The van der Waals surface area contributed by atoms with E-state index in [0.29, 0.717) is 0 Å². The van der Waals surface area contributed by atoms with Gasteiger partial charge < -0.3 is 4.74 Å². The number of hydrogen-bond acceptors (Lipinski definition) is 2. The van der Waals surface area contributed by atoms with Gasteiger partial charge in [0.05, 0.1) is 13.0 Å². The fourth-order valence-electron chi connectivity index (χ4n) is 1.10. The maximum atomic E-state index is 5.29. The highest BCUT2D eigenvalue weighted by Gasteiger charge is 2.15. The van der Waals surface area contributed by atoms with Crippen molar-refractivity contribution in [2.24, 2.45) is 4.99 Å². The van der Waals surface area contributed by atoms with Crippen molar-refractivity contribution in [2.45, 2.75) is 6.42 Å². The van der Waals surface area contributed by atoms with E-state index in [1.54, 1.807) is 6.21 Å². The van der Waals surface area contributed by atoms with E-state index in [1.807, 2.05) is 12.3 Å². The summed E-state index contributed by atoms with van der Waals surface area (Å²) < 4.78 is 9.25. The van der Waals surface area contributed by atoms with Crippen molar-refractivity contribution in [3.63, 3.8) is 0 Å². The zero-order chi connectivity index (χ0) is 7.52. The quantitative estimate of drug-likeness (QED) is 0.481. The highest BCUT2D eigenvalue weighted by molar-refractivity contribution is 6.02. The highest BCUT2D eigenvalue weighted by Crippen LogP contribution is 2.08. The van der Waals surface area contributed by atoms with Crippen LogP contribution in [0.4, 0.5) is 0 Å². The molecule has 0 spiro atoms. The van der Waals surface area contributed by atoms with Crippen LogP contribution in [0.3, 0.4) is 0 Å². The Morgan fingerprint density at radius 3 is 3.18 bits per heavy atom. The van der Waals surface area contributed by atoms with Crippen molar-refractivity contribution < 1.29 is 4.74 Å². The average molecular weight is 149 g/mol. The molecule has 0 saturated carbocycles. The minimum atomic E-state index is 0.726. The first-order valence-corrected chi connectivity index (χ1v) is 3.68. The fourth-order valence-corrected chi connectivity index (χ4v) is 1.10. The molecule has 2 heterocycles. The smallest absolute Gasteiger partial charge is 0.292 e. The third-order valence-corrected chi connectivity index (χ3v) is 1.64. The SMILES string of the molecule is C1=[N+]=CCC(C2=NCCO2)=C1. The standard InChI is InChI=1S/C8H9N2O/c1-3-9-4-2-7(1)8-10-5-6-11-8/h1,3-4H,2,5-6H2/q+1. The second-order valence-corrected chi connectivity index (χ2v) is 2.41. The molecule has 11 heavy (non-hydrogen) atoms. The second kappa shape index (κ2) is 2.72. The van der Waals surface area contributed by atoms with Gasteiger partial charge in [0.2, 0.25) is 5.90 Å². The summed E-state index contributed by atoms with van der Waals surface area (Å²) in [6, 6.07) is 0. The van der Waals surface area contributed by atoms with Gasteiger partial charge in [-0.3, -0.25) is 0 Å². The van der Waals surface area contributed by atoms with Crippen molar-refractivity contribution >= 4 is 18.3 Å². The average Bonchev–Trinajstić information content (AvgIpc) is 2.58. The number of nitrogens with zero attached hydrogens (tertiary/aromatic N) is 2. The van der Waals surface area contributed by atoms with E-state index in [2.05, 4.69) is 9.66 Å². The van der Waals surface area contributed by atoms with Crippen molar-refractivity contribution in [1.29, 1.82) is 0 Å². The van der Waals surface area contributed by atoms with Crippen LogP contribution in [0, 0.1) is 0 Å². The molecule has 2 rings (SSSR count). The fraction of sp³-hybridized carbons (Fsp3) is 0.375. The van der Waals surface area contributed by atoms with Crippen molar-refractivity contribution in [3.05, 3.63) is 11.6 Å². The van der Waals surface area contributed by atoms with E-state index >= 15 is 0 Å². The molecule has 0 amide bonds. The van der Waals surface area contributed by atoms with Gasteiger partial charge in [-0.25, -0.2) is 4.99 Å². The Bertz CT molecular complexity index is 282. The molecule has 2 aliphatic rings. The van der Waals surface area contributed by atoms with Crippen molar-refractivity contribution in [1.82, 2.24) is 4.67 Å². The van der Waals surface area contributed by atoms with Crippen LogP contribution < -0.4 is 4.67 Å². The van der Waals surface area contributed by atoms with Gasteiger partial charge in [-0.1, -0.05) is 0 Å². The Morgan fingerprint density at radius 1 is 1.55 bits per heavy atom. The van der Waals surface area contributed by atoms with Gasteiger partial charge in [-0.15, -0.1) is 4.67 Å². The second-order valence-electron chi connectivity index (χ2n) is 2.41. The zero-order valence-corrected chi connectivity index (χ0v) is 6.16. The van der Waals surface area contributed by atoms with Crippen LogP contribution in [0.1, 0.15) is 6.42 Å². The van der Waals surface area contributed by atoms with Crippen LogP contribution in [-0.2, 0) is 4.74 Å². The molecule has 56 valence electrons. The molecule has 2 aliphatic heterocycles. The van der Waals surface area contributed by atoms with Crippen LogP contribution in [0.5, 0.6) is 0 Å². The molecule has 0 aromatic heterocycles. The number of allylic oxidation sites excluding steroid dienone is 1. The van der Waals surface area contributed by atoms with Gasteiger partial charge in [0.1, 0.15) is 6.61 Å². The predicted molar refractivity (Wildman–Crippen MR) is 45.2 cm³/mol. The zero-order valence-electron chi connectivity index (χ0n) is 6.16. The summed E-state index contributed by atoms with van der Waals surface area (Å²) in [7, 11) is 0. The highest BCUT2D eigenvalue weighted by atomic mass is 16.5. The van der Waals surface area contributed by atoms with Gasteiger partial charge in [-0.2, -0.15) is 0 Å². The molecule has 0 aromatic rings. The number of aliphatic imine (C=N–C) groups is 1. The lowest BCUT2D eigenvalue weighted by Gasteiger charge is -2.00. The minimum absolute atomic E-state index is 0.726. The molecule has 0 aliphatic carbocycles. The van der Waals surface area contributed by atoms with Crippen LogP contribution >= 0.6 is 0 Å². The molecular formula is C8H9N2O+. The van der Waals surface area contributed by atoms with Gasteiger partial charge in [0.25, 0.3) is 12.4 Å². The molecule has 0 N–H and O–H groups in total.